The van der Waals surface area contributed by atoms with E-state index in [1.807, 2.05) is 35.6 Å². The molecule has 6 aliphatic rings. The largest absolute Gasteiger partial charge is 0.380 e. The molecule has 12 rings (SSSR count). The number of aromatic nitrogens is 8. The zero-order valence-electron chi connectivity index (χ0n) is 43.2. The van der Waals surface area contributed by atoms with Gasteiger partial charge in [0.2, 0.25) is 0 Å². The molecule has 0 N–H and O–H groups in total. The van der Waals surface area contributed by atoms with E-state index < -0.39 is 0 Å². The first-order valence-electron chi connectivity index (χ1n) is 26.2. The molecule has 18 heteroatoms. The van der Waals surface area contributed by atoms with E-state index in [1.54, 1.807) is 0 Å². The topological polar surface area (TPSA) is 137 Å². The quantitative estimate of drug-likeness (QED) is 0.149. The molecule has 16 nitrogen and oxygen atoms in total. The van der Waals surface area contributed by atoms with Crippen molar-refractivity contribution in [3.8, 4) is 11.6 Å². The summed E-state index contributed by atoms with van der Waals surface area (Å²) >= 11 is 0. The molecule has 0 saturated carbocycles. The van der Waals surface area contributed by atoms with E-state index in [2.05, 4.69) is 83.7 Å². The summed E-state index contributed by atoms with van der Waals surface area (Å²) in [6.07, 6.45) is 11.5. The summed E-state index contributed by atoms with van der Waals surface area (Å²) < 4.78 is 26.7. The predicted octanol–water partition coefficient (Wildman–Crippen LogP) is 7.48. The first kappa shape index (κ1) is 52.5. The Morgan fingerprint density at radius 1 is 0.472 bits per heavy atom. The van der Waals surface area contributed by atoms with Crippen molar-refractivity contribution < 1.29 is 18.9 Å². The molecule has 0 radical (unpaired) electrons. The Kier molecular flexibility index (Phi) is 16.8. The average molecular weight is 1020 g/mol. The molecule has 10 heterocycles. The van der Waals surface area contributed by atoms with Gasteiger partial charge in [-0.25, -0.2) is 29.3 Å². The van der Waals surface area contributed by atoms with Crippen LogP contribution < -0.4 is 9.80 Å². The molecule has 6 saturated heterocycles. The van der Waals surface area contributed by atoms with E-state index >= 15 is 0 Å². The van der Waals surface area contributed by atoms with Crippen LogP contribution in [0.15, 0.2) is 48.8 Å². The Balaban J connectivity index is 0.000000173. The molecule has 4 atom stereocenters. The van der Waals surface area contributed by atoms with Gasteiger partial charge in [0, 0.05) is 74.4 Å². The number of piperidine rings is 2. The monoisotopic (exact) mass is 1020 g/mol. The van der Waals surface area contributed by atoms with Crippen LogP contribution in [0.5, 0.6) is 0 Å². The number of likely N-dealkylation sites (tertiary alicyclic amines) is 2. The van der Waals surface area contributed by atoms with Gasteiger partial charge in [0.1, 0.15) is 23.3 Å². The fourth-order valence-corrected chi connectivity index (χ4v) is 12.1. The molecule has 0 bridgehead atoms. The highest BCUT2D eigenvalue weighted by atomic mass is 32.1. The Morgan fingerprint density at radius 2 is 0.875 bits per heavy atom. The second-order valence-corrected chi connectivity index (χ2v) is 20.8. The third kappa shape index (κ3) is 11.3. The molecule has 2 aromatic carbocycles. The van der Waals surface area contributed by atoms with Crippen LogP contribution in [-0.4, -0.2) is 166 Å². The summed E-state index contributed by atoms with van der Waals surface area (Å²) in [4.78, 5) is 28.9. The first-order chi connectivity index (χ1) is 34.1. The Hall–Kier alpha value is -4.40. The molecule has 6 fully saturated rings. The highest BCUT2D eigenvalue weighted by molar-refractivity contribution is 7.59. The highest BCUT2D eigenvalue weighted by Gasteiger charge is 2.31. The number of aryl methyl sites for hydroxylation is 4. The van der Waals surface area contributed by atoms with Gasteiger partial charge in [0.15, 0.2) is 11.6 Å². The van der Waals surface area contributed by atoms with Gasteiger partial charge in [0.05, 0.1) is 62.1 Å². The van der Waals surface area contributed by atoms with Gasteiger partial charge in [-0.3, -0.25) is 9.80 Å². The molecule has 2 unspecified atom stereocenters. The van der Waals surface area contributed by atoms with Crippen LogP contribution >= 0.6 is 27.0 Å². The summed E-state index contributed by atoms with van der Waals surface area (Å²) in [6, 6.07) is 14.7. The van der Waals surface area contributed by atoms with Gasteiger partial charge >= 0.3 is 0 Å². The van der Waals surface area contributed by atoms with E-state index in [-0.39, 0.29) is 39.2 Å². The van der Waals surface area contributed by atoms with E-state index in [0.29, 0.717) is 23.9 Å². The number of fused-ring (bicyclic) bond motifs is 2. The second kappa shape index (κ2) is 23.0. The third-order valence-electron chi connectivity index (χ3n) is 15.9. The van der Waals surface area contributed by atoms with Crippen molar-refractivity contribution >= 4 is 60.4 Å². The van der Waals surface area contributed by atoms with Gasteiger partial charge < -0.3 is 28.7 Å². The van der Waals surface area contributed by atoms with E-state index in [9.17, 15) is 0 Å². The smallest absolute Gasteiger partial charge is 0.159 e. The Bertz CT molecular complexity index is 2590. The predicted molar refractivity (Wildman–Crippen MR) is 294 cm³/mol. The Morgan fingerprint density at radius 3 is 1.25 bits per heavy atom. The maximum atomic E-state index is 5.73. The van der Waals surface area contributed by atoms with Gasteiger partial charge in [-0.15, -0.1) is 0 Å². The molecule has 72 heavy (non-hydrogen) atoms. The van der Waals surface area contributed by atoms with Crippen LogP contribution in [0.4, 0.5) is 11.6 Å². The second-order valence-electron chi connectivity index (χ2n) is 20.8. The zero-order valence-corrected chi connectivity index (χ0v) is 45.2. The first-order valence-corrected chi connectivity index (χ1v) is 26.2. The number of rotatable bonds is 8. The van der Waals surface area contributed by atoms with Crippen LogP contribution in [0.2, 0.25) is 0 Å². The fraction of sp³-hybridized carbons (Fsp3) is 0.593. The normalized spacial score (nSPS) is 23.8. The van der Waals surface area contributed by atoms with E-state index in [1.165, 1.54) is 60.8 Å². The van der Waals surface area contributed by atoms with Crippen molar-refractivity contribution in [3.63, 3.8) is 0 Å². The lowest BCUT2D eigenvalue weighted by Crippen LogP contribution is -2.41. The van der Waals surface area contributed by atoms with Gasteiger partial charge in [-0.1, -0.05) is 0 Å². The van der Waals surface area contributed by atoms with E-state index in [4.69, 9.17) is 49.1 Å². The summed E-state index contributed by atoms with van der Waals surface area (Å²) in [7, 11) is 0. The van der Waals surface area contributed by atoms with Gasteiger partial charge in [-0.05, 0) is 165 Å². The lowest BCUT2D eigenvalue weighted by atomic mass is 9.86. The summed E-state index contributed by atoms with van der Waals surface area (Å²) in [5.41, 5.74) is 7.88. The lowest BCUT2D eigenvalue weighted by Gasteiger charge is -2.36. The summed E-state index contributed by atoms with van der Waals surface area (Å²) in [6.45, 7) is 25.7. The molecule has 6 aliphatic heterocycles. The van der Waals surface area contributed by atoms with Gasteiger partial charge in [-0.2, -0.15) is 37.2 Å². The van der Waals surface area contributed by atoms with E-state index in [0.717, 1.165) is 149 Å². The number of anilines is 2. The average Bonchev–Trinajstić information content (AvgIpc) is 4.23. The van der Waals surface area contributed by atoms with Crippen molar-refractivity contribution in [2.24, 2.45) is 0 Å². The lowest BCUT2D eigenvalue weighted by molar-refractivity contribution is 0.0527. The molecule has 388 valence electrons. The minimum Gasteiger partial charge on any atom is -0.380 e. The number of hydrogen-bond donors (Lipinski definition) is 0. The number of morpholine rings is 2. The van der Waals surface area contributed by atoms with Crippen LogP contribution in [0.1, 0.15) is 98.1 Å². The SMILES string of the molecule is Cc1nc(N2CCO[C@@H](C)C2)cc(-n2ncc3cc(C)c(C4CCN(C5CCOC5)CC4)cc32)n1.Cc1nc(N2CCO[C@@H](C)C2)cc(-n2ncc3cc(C)c(C4CCN(C5CCOC5)CC4)cc32)n1.S.S. The molecule has 0 amide bonds. The maximum Gasteiger partial charge on any atom is 0.159 e. The summed E-state index contributed by atoms with van der Waals surface area (Å²) in [5, 5.41) is 11.8. The molecular formula is C54H76N12O4S2. The van der Waals surface area contributed by atoms with Crippen molar-refractivity contribution in [3.05, 3.63) is 82.7 Å². The number of ether oxygens (including phenoxy) is 4. The van der Waals surface area contributed by atoms with Crippen molar-refractivity contribution in [1.82, 2.24) is 49.3 Å². The molecule has 6 aromatic rings. The third-order valence-corrected chi connectivity index (χ3v) is 15.9. The number of benzene rings is 2. The fourth-order valence-electron chi connectivity index (χ4n) is 12.1. The van der Waals surface area contributed by atoms with Crippen LogP contribution in [-0.2, 0) is 18.9 Å². The number of hydrogen-bond acceptors (Lipinski definition) is 14. The van der Waals surface area contributed by atoms with Crippen LogP contribution in [0, 0.1) is 27.7 Å². The minimum absolute atomic E-state index is 0. The molecule has 0 spiro atoms. The van der Waals surface area contributed by atoms with Gasteiger partial charge in [0.25, 0.3) is 0 Å². The highest BCUT2D eigenvalue weighted by Crippen LogP contribution is 2.37. The molecular weight excluding hydrogens is 945 g/mol. The van der Waals surface area contributed by atoms with Crippen LogP contribution in [0.3, 0.4) is 0 Å². The standard InChI is InChI=1S/2C27H36N6O2.2H2S/c2*1-18-12-22-15-28-33(27-14-26(29-20(3)30-27)32-9-11-35-19(2)16-32)25(22)13-24(18)21-4-7-31(8-5-21)23-6-10-34-17-23;;/h2*12-15,19,21,23H,4-11,16-17H2,1-3H3;2*1H2/t2*19-,23?;;/m00../s1. The zero-order chi connectivity index (χ0) is 47.9. The minimum atomic E-state index is 0. The van der Waals surface area contributed by atoms with Crippen molar-refractivity contribution in [2.45, 2.75) is 116 Å². The van der Waals surface area contributed by atoms with Crippen LogP contribution in [0.25, 0.3) is 33.4 Å². The van der Waals surface area contributed by atoms with Crippen molar-refractivity contribution in [2.75, 3.05) is 102 Å². The number of nitrogens with zero attached hydrogens (tertiary/aromatic N) is 12. The maximum absolute atomic E-state index is 5.73. The van der Waals surface area contributed by atoms with Crippen molar-refractivity contribution in [1.29, 1.82) is 0 Å². The Labute approximate surface area is 439 Å². The molecule has 4 aromatic heterocycles. The summed E-state index contributed by atoms with van der Waals surface area (Å²) in [5.74, 6) is 6.23. The molecule has 0 aliphatic carbocycles.